The highest BCUT2D eigenvalue weighted by atomic mass is 16.5. The van der Waals surface area contributed by atoms with E-state index >= 15 is 0 Å². The zero-order chi connectivity index (χ0) is 17.3. The number of carbonyl (C=O) groups is 1. The predicted molar refractivity (Wildman–Crippen MR) is 96.5 cm³/mol. The first-order valence-electron chi connectivity index (χ1n) is 9.12. The Bertz CT molecular complexity index is 762. The number of fused-ring (bicyclic) bond motifs is 2. The molecular formula is C21H24N2O2. The first kappa shape index (κ1) is 16.1. The van der Waals surface area contributed by atoms with Crippen LogP contribution in [-0.4, -0.2) is 23.5 Å². The van der Waals surface area contributed by atoms with Gasteiger partial charge >= 0.3 is 0 Å². The molecule has 1 heterocycles. The summed E-state index contributed by atoms with van der Waals surface area (Å²) in [5, 5.41) is 3.08. The van der Waals surface area contributed by atoms with Gasteiger partial charge in [0.05, 0.1) is 6.20 Å². The third kappa shape index (κ3) is 3.13. The maximum Gasteiger partial charge on any atom is 0.260 e. The number of aryl methyl sites for hydroxylation is 1. The molecule has 4 heteroatoms. The van der Waals surface area contributed by atoms with E-state index in [1.54, 1.807) is 25.4 Å². The van der Waals surface area contributed by atoms with E-state index in [1.165, 1.54) is 36.8 Å². The molecule has 1 N–H and O–H groups in total. The highest BCUT2D eigenvalue weighted by Gasteiger charge is 2.56. The summed E-state index contributed by atoms with van der Waals surface area (Å²) in [7, 11) is 0. The lowest BCUT2D eigenvalue weighted by Crippen LogP contribution is -2.38. The van der Waals surface area contributed by atoms with E-state index in [0.29, 0.717) is 17.1 Å². The van der Waals surface area contributed by atoms with Crippen LogP contribution in [0.4, 0.5) is 0 Å². The second-order valence-corrected chi connectivity index (χ2v) is 7.26. The van der Waals surface area contributed by atoms with Crippen molar-refractivity contribution >= 4 is 5.91 Å². The van der Waals surface area contributed by atoms with Gasteiger partial charge in [-0.3, -0.25) is 9.78 Å². The number of nitrogens with one attached hydrogen (secondary N) is 1. The maximum absolute atomic E-state index is 12.3. The molecule has 0 radical (unpaired) electrons. The summed E-state index contributed by atoms with van der Waals surface area (Å²) in [6.45, 7) is 2.51. The van der Waals surface area contributed by atoms with Crippen molar-refractivity contribution in [3.05, 3.63) is 59.9 Å². The molecule has 1 aromatic heterocycles. The van der Waals surface area contributed by atoms with Crippen LogP contribution >= 0.6 is 0 Å². The highest BCUT2D eigenvalue weighted by Crippen LogP contribution is 2.59. The van der Waals surface area contributed by atoms with Crippen LogP contribution in [0.25, 0.3) is 0 Å². The number of pyridine rings is 1. The molecule has 0 aliphatic heterocycles. The molecule has 2 aliphatic rings. The summed E-state index contributed by atoms with van der Waals surface area (Å²) in [6.07, 6.45) is 7.66. The summed E-state index contributed by atoms with van der Waals surface area (Å²) >= 11 is 0. The molecule has 1 amide bonds. The van der Waals surface area contributed by atoms with Gasteiger partial charge in [0.15, 0.2) is 6.10 Å². The summed E-state index contributed by atoms with van der Waals surface area (Å²) in [5.41, 5.74) is 3.31. The van der Waals surface area contributed by atoms with Gasteiger partial charge in [-0.1, -0.05) is 24.3 Å². The monoisotopic (exact) mass is 336 g/mol. The van der Waals surface area contributed by atoms with Crippen molar-refractivity contribution in [1.29, 1.82) is 0 Å². The molecule has 1 saturated carbocycles. The number of amides is 1. The Kier molecular flexibility index (Phi) is 4.20. The fraction of sp³-hybridized carbons (Fsp3) is 0.429. The number of hydrogen-bond acceptors (Lipinski definition) is 3. The van der Waals surface area contributed by atoms with Crippen LogP contribution in [0.1, 0.15) is 37.3 Å². The maximum atomic E-state index is 12.3. The number of benzene rings is 1. The van der Waals surface area contributed by atoms with Gasteiger partial charge < -0.3 is 10.1 Å². The fourth-order valence-electron chi connectivity index (χ4n) is 4.28. The first-order chi connectivity index (χ1) is 12.2. The van der Waals surface area contributed by atoms with Crippen molar-refractivity contribution in [2.45, 2.75) is 44.1 Å². The Morgan fingerprint density at radius 2 is 2.24 bits per heavy atom. The minimum absolute atomic E-state index is 0.0602. The summed E-state index contributed by atoms with van der Waals surface area (Å²) in [6, 6.07) is 12.4. The standard InChI is InChI=1S/C21H24N2O2/c1-15(25-18-8-5-11-22-14-18)20(24)23-13-17-12-21(17)10-4-7-16-6-2-3-9-19(16)21/h2-3,5-6,8-9,11,14-15,17H,4,7,10,12-13H2,1H3,(H,23,24)/t15-,17-,21-/m0/s1. The van der Waals surface area contributed by atoms with E-state index in [-0.39, 0.29) is 5.91 Å². The average Bonchev–Trinajstić information content (AvgIpc) is 3.34. The van der Waals surface area contributed by atoms with Crippen LogP contribution in [0, 0.1) is 5.92 Å². The second-order valence-electron chi connectivity index (χ2n) is 7.26. The molecule has 1 fully saturated rings. The summed E-state index contributed by atoms with van der Waals surface area (Å²) < 4.78 is 5.65. The Morgan fingerprint density at radius 3 is 3.08 bits per heavy atom. The highest BCUT2D eigenvalue weighted by molar-refractivity contribution is 5.80. The molecule has 4 nitrogen and oxygen atoms in total. The minimum atomic E-state index is -0.516. The zero-order valence-corrected chi connectivity index (χ0v) is 14.6. The van der Waals surface area contributed by atoms with Gasteiger partial charge in [0.1, 0.15) is 5.75 Å². The SMILES string of the molecule is C[C@H](Oc1cccnc1)C(=O)NC[C@@H]1C[C@@]12CCCc1ccccc12. The summed E-state index contributed by atoms with van der Waals surface area (Å²) in [5.74, 6) is 1.10. The largest absolute Gasteiger partial charge is 0.479 e. The molecule has 4 rings (SSSR count). The molecule has 0 saturated heterocycles. The van der Waals surface area contributed by atoms with Gasteiger partial charge in [-0.2, -0.15) is 0 Å². The molecule has 2 aromatic rings. The second kappa shape index (κ2) is 6.51. The topological polar surface area (TPSA) is 51.2 Å². The third-order valence-corrected chi connectivity index (χ3v) is 5.69. The van der Waals surface area contributed by atoms with Gasteiger partial charge in [-0.25, -0.2) is 0 Å². The van der Waals surface area contributed by atoms with E-state index in [9.17, 15) is 4.79 Å². The van der Waals surface area contributed by atoms with Gasteiger partial charge in [-0.15, -0.1) is 0 Å². The number of rotatable bonds is 5. The van der Waals surface area contributed by atoms with Crippen LogP contribution in [0.3, 0.4) is 0 Å². The molecular weight excluding hydrogens is 312 g/mol. The van der Waals surface area contributed by atoms with E-state index in [2.05, 4.69) is 34.6 Å². The molecule has 2 aliphatic carbocycles. The Hall–Kier alpha value is -2.36. The molecule has 0 bridgehead atoms. The Balaban J connectivity index is 1.34. The van der Waals surface area contributed by atoms with Gasteiger partial charge in [0.2, 0.25) is 0 Å². The van der Waals surface area contributed by atoms with Gasteiger partial charge in [-0.05, 0) is 61.8 Å². The third-order valence-electron chi connectivity index (χ3n) is 5.69. The molecule has 130 valence electrons. The number of nitrogens with zero attached hydrogens (tertiary/aromatic N) is 1. The number of carbonyl (C=O) groups excluding carboxylic acids is 1. The van der Waals surface area contributed by atoms with Crippen LogP contribution < -0.4 is 10.1 Å². The zero-order valence-electron chi connectivity index (χ0n) is 14.6. The Morgan fingerprint density at radius 1 is 1.36 bits per heavy atom. The molecule has 3 atom stereocenters. The number of aromatic nitrogens is 1. The molecule has 1 spiro atoms. The van der Waals surface area contributed by atoms with Crippen molar-refractivity contribution in [3.63, 3.8) is 0 Å². The Labute approximate surface area is 148 Å². The van der Waals surface area contributed by atoms with Gasteiger partial charge in [0.25, 0.3) is 5.91 Å². The van der Waals surface area contributed by atoms with Crippen molar-refractivity contribution < 1.29 is 9.53 Å². The van der Waals surface area contributed by atoms with Crippen LogP contribution in [0.2, 0.25) is 0 Å². The molecule has 1 aromatic carbocycles. The number of ether oxygens (including phenoxy) is 1. The van der Waals surface area contributed by atoms with Crippen LogP contribution in [-0.2, 0) is 16.6 Å². The van der Waals surface area contributed by atoms with Crippen molar-refractivity contribution in [3.8, 4) is 5.75 Å². The van der Waals surface area contributed by atoms with Crippen LogP contribution in [0.5, 0.6) is 5.75 Å². The normalized spacial score (nSPS) is 25.1. The minimum Gasteiger partial charge on any atom is -0.479 e. The molecule has 0 unspecified atom stereocenters. The van der Waals surface area contributed by atoms with E-state index in [4.69, 9.17) is 4.74 Å². The fourth-order valence-corrected chi connectivity index (χ4v) is 4.28. The van der Waals surface area contributed by atoms with E-state index in [1.807, 2.05) is 6.07 Å². The smallest absolute Gasteiger partial charge is 0.260 e. The lowest BCUT2D eigenvalue weighted by atomic mass is 9.78. The summed E-state index contributed by atoms with van der Waals surface area (Å²) in [4.78, 5) is 16.3. The van der Waals surface area contributed by atoms with Crippen LogP contribution in [0.15, 0.2) is 48.8 Å². The predicted octanol–water partition coefficient (Wildman–Crippen LogP) is 3.26. The average molecular weight is 336 g/mol. The van der Waals surface area contributed by atoms with Crippen molar-refractivity contribution in [1.82, 2.24) is 10.3 Å². The lowest BCUT2D eigenvalue weighted by Gasteiger charge is -2.27. The van der Waals surface area contributed by atoms with Crippen molar-refractivity contribution in [2.75, 3.05) is 6.54 Å². The quantitative estimate of drug-likeness (QED) is 0.912. The van der Waals surface area contributed by atoms with Crippen molar-refractivity contribution in [2.24, 2.45) is 5.92 Å². The number of hydrogen-bond donors (Lipinski definition) is 1. The van der Waals surface area contributed by atoms with Gasteiger partial charge in [0, 0.05) is 18.2 Å². The molecule has 25 heavy (non-hydrogen) atoms. The lowest BCUT2D eigenvalue weighted by molar-refractivity contribution is -0.127. The van der Waals surface area contributed by atoms with E-state index in [0.717, 1.165) is 6.54 Å². The first-order valence-corrected chi connectivity index (χ1v) is 9.12. The van der Waals surface area contributed by atoms with E-state index < -0.39 is 6.10 Å².